The van der Waals surface area contributed by atoms with Crippen LogP contribution in [0.4, 0.5) is 10.2 Å². The Hall–Kier alpha value is -2.21. The summed E-state index contributed by atoms with van der Waals surface area (Å²) in [6, 6.07) is 4.14. The molecular formula is C25H40FN3O2. The number of aryl methyl sites for hydroxylation is 2. The van der Waals surface area contributed by atoms with Crippen molar-refractivity contribution in [3.05, 3.63) is 48.2 Å². The number of rotatable bonds is 8. The number of hydrogen-bond donors (Lipinski definition) is 2. The minimum absolute atomic E-state index is 0.155. The number of carboxylic acids is 1. The zero-order valence-corrected chi connectivity index (χ0v) is 19.5. The minimum atomic E-state index is -1.17. The number of nitrogens with zero attached hydrogens (tertiary/aromatic N) is 2. The lowest BCUT2D eigenvalue weighted by molar-refractivity contribution is -0.137. The first-order chi connectivity index (χ1) is 15.0. The van der Waals surface area contributed by atoms with Crippen LogP contribution in [0.5, 0.6) is 0 Å². The number of aromatic nitrogens is 1. The van der Waals surface area contributed by atoms with Crippen LogP contribution in [0.25, 0.3) is 0 Å². The van der Waals surface area contributed by atoms with Gasteiger partial charge in [0.05, 0.1) is 0 Å². The Bertz CT molecular complexity index is 708. The molecule has 0 aliphatic carbocycles. The van der Waals surface area contributed by atoms with Crippen molar-refractivity contribution < 1.29 is 14.3 Å². The van der Waals surface area contributed by atoms with Gasteiger partial charge in [0.2, 0.25) is 0 Å². The van der Waals surface area contributed by atoms with E-state index in [1.54, 1.807) is 6.08 Å². The molecule has 1 atom stereocenters. The summed E-state index contributed by atoms with van der Waals surface area (Å²) < 4.78 is 15.0. The summed E-state index contributed by atoms with van der Waals surface area (Å²) in [7, 11) is 0. The Balaban J connectivity index is 0.000000605. The summed E-state index contributed by atoms with van der Waals surface area (Å²) >= 11 is 0. The van der Waals surface area contributed by atoms with E-state index in [1.807, 2.05) is 43.9 Å². The van der Waals surface area contributed by atoms with Crippen molar-refractivity contribution in [3.63, 3.8) is 0 Å². The number of carboxylic acid groups (broad SMARTS) is 1. The fourth-order valence-electron chi connectivity index (χ4n) is 3.76. The van der Waals surface area contributed by atoms with Crippen LogP contribution in [0.2, 0.25) is 0 Å². The van der Waals surface area contributed by atoms with Gasteiger partial charge in [-0.25, -0.2) is 9.37 Å². The standard InChI is InChI=1S/C18H26FN3O2.C5H8.C2H6/c19-18(9-12-22(13-18)11-2-4-16(23)24)8-7-15-6-5-14-3-1-10-20-17(14)21-15;1-3-5-4-2;1-2/h5-6H,1-4,7-13H2,(H,20,21)(H,23,24);3-5H,1H2,2H3;1-2H3/b;5-4-;. The predicted octanol–water partition coefficient (Wildman–Crippen LogP) is 5.43. The van der Waals surface area contributed by atoms with E-state index in [0.29, 0.717) is 38.8 Å². The summed E-state index contributed by atoms with van der Waals surface area (Å²) in [5.41, 5.74) is 1.03. The lowest BCUT2D eigenvalue weighted by atomic mass is 9.97. The number of halogens is 1. The second-order valence-electron chi connectivity index (χ2n) is 7.78. The third kappa shape index (κ3) is 10.1. The number of carbonyl (C=O) groups is 1. The van der Waals surface area contributed by atoms with Crippen molar-refractivity contribution in [3.8, 4) is 0 Å². The molecule has 174 valence electrons. The van der Waals surface area contributed by atoms with Crippen LogP contribution in [0.1, 0.15) is 64.1 Å². The monoisotopic (exact) mass is 433 g/mol. The van der Waals surface area contributed by atoms with E-state index in [1.165, 1.54) is 5.56 Å². The van der Waals surface area contributed by atoms with Gasteiger partial charge in [0.25, 0.3) is 0 Å². The Morgan fingerprint density at radius 2 is 2.19 bits per heavy atom. The molecule has 0 aromatic carbocycles. The molecular weight excluding hydrogens is 393 g/mol. The number of alkyl halides is 1. The molecule has 2 aliphatic heterocycles. The first-order valence-corrected chi connectivity index (χ1v) is 11.6. The zero-order valence-electron chi connectivity index (χ0n) is 19.5. The molecule has 0 saturated carbocycles. The second-order valence-corrected chi connectivity index (χ2v) is 7.78. The second kappa shape index (κ2) is 14.7. The third-order valence-electron chi connectivity index (χ3n) is 5.36. The van der Waals surface area contributed by atoms with Crippen LogP contribution in [-0.2, 0) is 17.6 Å². The van der Waals surface area contributed by atoms with E-state index in [4.69, 9.17) is 5.11 Å². The fraction of sp³-hybridized carbons (Fsp3) is 0.600. The lowest BCUT2D eigenvalue weighted by Crippen LogP contribution is -2.30. The number of nitrogens with one attached hydrogen (secondary N) is 1. The molecule has 2 aliphatic rings. The lowest BCUT2D eigenvalue weighted by Gasteiger charge is -2.21. The first-order valence-electron chi connectivity index (χ1n) is 11.6. The fourth-order valence-corrected chi connectivity index (χ4v) is 3.76. The van der Waals surface area contributed by atoms with E-state index < -0.39 is 11.6 Å². The van der Waals surface area contributed by atoms with Crippen molar-refractivity contribution in [1.29, 1.82) is 0 Å². The molecule has 1 aromatic rings. The van der Waals surface area contributed by atoms with Crippen molar-refractivity contribution in [2.75, 3.05) is 31.5 Å². The SMILES string of the molecule is C=C/C=C\C.CC.O=C(O)CCCN1CCC(F)(CCc2ccc3c(n2)NCCC3)C1. The molecule has 3 heterocycles. The van der Waals surface area contributed by atoms with Gasteiger partial charge in [-0.2, -0.15) is 0 Å². The Labute approximate surface area is 187 Å². The topological polar surface area (TPSA) is 65.5 Å². The van der Waals surface area contributed by atoms with Gasteiger partial charge < -0.3 is 15.3 Å². The van der Waals surface area contributed by atoms with Gasteiger partial charge >= 0.3 is 5.97 Å². The quantitative estimate of drug-likeness (QED) is 0.536. The van der Waals surface area contributed by atoms with E-state index in [0.717, 1.165) is 37.4 Å². The normalized spacial score (nSPS) is 20.0. The highest BCUT2D eigenvalue weighted by Gasteiger charge is 2.37. The third-order valence-corrected chi connectivity index (χ3v) is 5.36. The molecule has 1 aromatic heterocycles. The smallest absolute Gasteiger partial charge is 0.303 e. The zero-order chi connectivity index (χ0) is 23.1. The van der Waals surface area contributed by atoms with Gasteiger partial charge in [0, 0.05) is 31.7 Å². The van der Waals surface area contributed by atoms with Crippen LogP contribution in [0.3, 0.4) is 0 Å². The van der Waals surface area contributed by atoms with Crippen molar-refractivity contribution in [1.82, 2.24) is 9.88 Å². The largest absolute Gasteiger partial charge is 0.481 e. The summed E-state index contributed by atoms with van der Waals surface area (Å²) in [4.78, 5) is 17.2. The first kappa shape index (κ1) is 26.8. The number of hydrogen-bond acceptors (Lipinski definition) is 4. The van der Waals surface area contributed by atoms with Crippen molar-refractivity contribution >= 4 is 11.8 Å². The van der Waals surface area contributed by atoms with Gasteiger partial charge in [-0.1, -0.05) is 44.7 Å². The molecule has 0 bridgehead atoms. The number of allylic oxidation sites excluding steroid dienone is 3. The van der Waals surface area contributed by atoms with Gasteiger partial charge in [0.15, 0.2) is 0 Å². The number of aliphatic carboxylic acids is 1. The molecule has 6 heteroatoms. The molecule has 2 N–H and O–H groups in total. The van der Waals surface area contributed by atoms with Crippen LogP contribution in [-0.4, -0.2) is 52.8 Å². The minimum Gasteiger partial charge on any atom is -0.481 e. The summed E-state index contributed by atoms with van der Waals surface area (Å²) in [6.07, 6.45) is 10.2. The summed E-state index contributed by atoms with van der Waals surface area (Å²) in [5, 5.41) is 12.0. The van der Waals surface area contributed by atoms with Crippen LogP contribution < -0.4 is 5.32 Å². The number of pyridine rings is 1. The highest BCUT2D eigenvalue weighted by Crippen LogP contribution is 2.31. The van der Waals surface area contributed by atoms with E-state index >= 15 is 0 Å². The Morgan fingerprint density at radius 3 is 2.84 bits per heavy atom. The molecule has 1 saturated heterocycles. The molecule has 1 fully saturated rings. The maximum Gasteiger partial charge on any atom is 0.303 e. The Morgan fingerprint density at radius 1 is 1.42 bits per heavy atom. The van der Waals surface area contributed by atoms with Crippen molar-refractivity contribution in [2.24, 2.45) is 0 Å². The molecule has 0 amide bonds. The number of likely N-dealkylation sites (tertiary alicyclic amines) is 1. The van der Waals surface area contributed by atoms with Gasteiger partial charge in [0.1, 0.15) is 11.5 Å². The van der Waals surface area contributed by atoms with Gasteiger partial charge in [-0.3, -0.25) is 4.79 Å². The molecule has 5 nitrogen and oxygen atoms in total. The number of anilines is 1. The summed E-state index contributed by atoms with van der Waals surface area (Å²) in [5.74, 6) is 0.182. The van der Waals surface area contributed by atoms with E-state index in [-0.39, 0.29) is 6.42 Å². The Kier molecular flexibility index (Phi) is 12.8. The molecule has 1 unspecified atom stereocenters. The van der Waals surface area contributed by atoms with Crippen LogP contribution in [0, 0.1) is 0 Å². The van der Waals surface area contributed by atoms with Gasteiger partial charge in [-0.05, 0) is 63.6 Å². The van der Waals surface area contributed by atoms with Crippen LogP contribution >= 0.6 is 0 Å². The average Bonchev–Trinajstić information content (AvgIpc) is 3.15. The molecule has 0 radical (unpaired) electrons. The van der Waals surface area contributed by atoms with E-state index in [9.17, 15) is 9.18 Å². The average molecular weight is 434 g/mol. The summed E-state index contributed by atoms with van der Waals surface area (Å²) in [6.45, 7) is 12.2. The maximum atomic E-state index is 15.0. The maximum absolute atomic E-state index is 15.0. The van der Waals surface area contributed by atoms with Gasteiger partial charge in [-0.15, -0.1) is 0 Å². The van der Waals surface area contributed by atoms with Crippen molar-refractivity contribution in [2.45, 2.75) is 71.4 Å². The number of fused-ring (bicyclic) bond motifs is 1. The van der Waals surface area contributed by atoms with E-state index in [2.05, 4.69) is 22.9 Å². The van der Waals surface area contributed by atoms with Crippen LogP contribution in [0.15, 0.2) is 36.9 Å². The highest BCUT2D eigenvalue weighted by atomic mass is 19.1. The molecule has 3 rings (SSSR count). The molecule has 31 heavy (non-hydrogen) atoms. The molecule has 0 spiro atoms. The predicted molar refractivity (Wildman–Crippen MR) is 127 cm³/mol. The highest BCUT2D eigenvalue weighted by molar-refractivity contribution is 5.66.